The van der Waals surface area contributed by atoms with E-state index >= 15 is 0 Å². The highest BCUT2D eigenvalue weighted by atomic mass is 16.5. The summed E-state index contributed by atoms with van der Waals surface area (Å²) < 4.78 is 5.68. The molecule has 1 N–H and O–H groups in total. The van der Waals surface area contributed by atoms with Gasteiger partial charge in [-0.1, -0.05) is 17.7 Å². The molecule has 0 aliphatic carbocycles. The molecular weight excluding hydrogens is 250 g/mol. The molecule has 2 rings (SSSR count). The zero-order valence-electron chi connectivity index (χ0n) is 12.3. The van der Waals surface area contributed by atoms with Crippen molar-refractivity contribution in [3.8, 4) is 5.75 Å². The number of nitrogens with one attached hydrogen (secondary N) is 1. The minimum atomic E-state index is 0.689. The van der Waals surface area contributed by atoms with Gasteiger partial charge in [0.25, 0.3) is 0 Å². The van der Waals surface area contributed by atoms with Gasteiger partial charge in [0.2, 0.25) is 0 Å². The van der Waals surface area contributed by atoms with E-state index in [2.05, 4.69) is 34.3 Å². The lowest BCUT2D eigenvalue weighted by molar-refractivity contribution is 0.315. The Hall–Kier alpha value is -2.10. The molecule has 0 radical (unpaired) electrons. The number of anilines is 1. The fourth-order valence-electron chi connectivity index (χ4n) is 1.81. The van der Waals surface area contributed by atoms with E-state index in [1.54, 1.807) is 6.20 Å². The first-order valence-electron chi connectivity index (χ1n) is 6.89. The molecule has 0 atom stereocenters. The molecule has 0 saturated heterocycles. The molecule has 0 amide bonds. The first-order chi connectivity index (χ1) is 9.65. The number of benzene rings is 1. The van der Waals surface area contributed by atoms with E-state index in [1.807, 2.05) is 26.0 Å². The molecule has 0 unspecified atom stereocenters. The molecule has 0 bridgehead atoms. The highest BCUT2D eigenvalue weighted by molar-refractivity contribution is 5.39. The van der Waals surface area contributed by atoms with Gasteiger partial charge >= 0.3 is 0 Å². The SMILES string of the molecule is Cc1ccc(OCCCNc2nc(C)cnc2C)cc1. The van der Waals surface area contributed by atoms with Gasteiger partial charge < -0.3 is 10.1 Å². The average molecular weight is 271 g/mol. The van der Waals surface area contributed by atoms with Crippen LogP contribution in [0.15, 0.2) is 30.5 Å². The Labute approximate surface area is 120 Å². The summed E-state index contributed by atoms with van der Waals surface area (Å²) in [7, 11) is 0. The molecule has 1 heterocycles. The fourth-order valence-corrected chi connectivity index (χ4v) is 1.81. The van der Waals surface area contributed by atoms with Crippen LogP contribution in [0.2, 0.25) is 0 Å². The van der Waals surface area contributed by atoms with Crippen molar-refractivity contribution in [3.05, 3.63) is 47.4 Å². The second-order valence-corrected chi connectivity index (χ2v) is 4.89. The zero-order valence-corrected chi connectivity index (χ0v) is 12.3. The van der Waals surface area contributed by atoms with E-state index in [0.29, 0.717) is 6.61 Å². The molecule has 4 heteroatoms. The van der Waals surface area contributed by atoms with Gasteiger partial charge in [0.05, 0.1) is 18.0 Å². The summed E-state index contributed by atoms with van der Waals surface area (Å²) in [6, 6.07) is 8.11. The molecule has 0 aliphatic rings. The number of hydrogen-bond acceptors (Lipinski definition) is 4. The van der Waals surface area contributed by atoms with Gasteiger partial charge in [-0.3, -0.25) is 4.98 Å². The smallest absolute Gasteiger partial charge is 0.147 e. The molecule has 106 valence electrons. The second kappa shape index (κ2) is 6.89. The quantitative estimate of drug-likeness (QED) is 0.819. The van der Waals surface area contributed by atoms with Crippen molar-refractivity contribution in [2.75, 3.05) is 18.5 Å². The molecule has 0 saturated carbocycles. The summed E-state index contributed by atoms with van der Waals surface area (Å²) in [6.07, 6.45) is 2.70. The predicted octanol–water partition coefficient (Wildman–Crippen LogP) is 3.28. The topological polar surface area (TPSA) is 47.0 Å². The van der Waals surface area contributed by atoms with Gasteiger partial charge in [-0.15, -0.1) is 0 Å². The lowest BCUT2D eigenvalue weighted by Gasteiger charge is -2.09. The first kappa shape index (κ1) is 14.3. The molecule has 20 heavy (non-hydrogen) atoms. The minimum Gasteiger partial charge on any atom is -0.494 e. The Morgan fingerprint density at radius 1 is 1.10 bits per heavy atom. The fraction of sp³-hybridized carbons (Fsp3) is 0.375. The van der Waals surface area contributed by atoms with Crippen LogP contribution in [0, 0.1) is 20.8 Å². The minimum absolute atomic E-state index is 0.689. The number of ether oxygens (including phenoxy) is 1. The van der Waals surface area contributed by atoms with Crippen molar-refractivity contribution in [3.63, 3.8) is 0 Å². The maximum Gasteiger partial charge on any atom is 0.147 e. The van der Waals surface area contributed by atoms with E-state index in [1.165, 1.54) is 5.56 Å². The van der Waals surface area contributed by atoms with Crippen LogP contribution >= 0.6 is 0 Å². The van der Waals surface area contributed by atoms with Crippen molar-refractivity contribution in [1.29, 1.82) is 0 Å². The molecule has 4 nitrogen and oxygen atoms in total. The Morgan fingerprint density at radius 2 is 1.85 bits per heavy atom. The van der Waals surface area contributed by atoms with Crippen LogP contribution in [-0.2, 0) is 0 Å². The van der Waals surface area contributed by atoms with Gasteiger partial charge in [0.1, 0.15) is 11.6 Å². The van der Waals surface area contributed by atoms with E-state index in [0.717, 1.165) is 35.9 Å². The number of aryl methyl sites for hydroxylation is 3. The third-order valence-electron chi connectivity index (χ3n) is 2.98. The zero-order chi connectivity index (χ0) is 14.4. The van der Waals surface area contributed by atoms with Gasteiger partial charge in [0, 0.05) is 12.7 Å². The Morgan fingerprint density at radius 3 is 2.60 bits per heavy atom. The standard InChI is InChI=1S/C16H21N3O/c1-12-5-7-15(8-6-12)20-10-4-9-17-16-14(3)18-11-13(2)19-16/h5-8,11H,4,9-10H2,1-3H3,(H,17,19). The summed E-state index contributed by atoms with van der Waals surface area (Å²) in [6.45, 7) is 7.48. The van der Waals surface area contributed by atoms with E-state index in [4.69, 9.17) is 4.74 Å². The van der Waals surface area contributed by atoms with Crippen LogP contribution in [0.5, 0.6) is 5.75 Å². The second-order valence-electron chi connectivity index (χ2n) is 4.89. The Kier molecular flexibility index (Phi) is 4.93. The lowest BCUT2D eigenvalue weighted by Crippen LogP contribution is -2.10. The van der Waals surface area contributed by atoms with Crippen LogP contribution in [-0.4, -0.2) is 23.1 Å². The Balaban J connectivity index is 1.71. The maximum atomic E-state index is 5.68. The highest BCUT2D eigenvalue weighted by Crippen LogP contribution is 2.12. The number of hydrogen-bond donors (Lipinski definition) is 1. The van der Waals surface area contributed by atoms with Crippen LogP contribution < -0.4 is 10.1 Å². The third-order valence-corrected chi connectivity index (χ3v) is 2.98. The molecule has 0 aliphatic heterocycles. The first-order valence-corrected chi connectivity index (χ1v) is 6.89. The Bertz CT molecular complexity index is 552. The van der Waals surface area contributed by atoms with E-state index in [9.17, 15) is 0 Å². The summed E-state index contributed by atoms with van der Waals surface area (Å²) in [5.41, 5.74) is 3.09. The van der Waals surface area contributed by atoms with Crippen molar-refractivity contribution in [1.82, 2.24) is 9.97 Å². The number of nitrogens with zero attached hydrogens (tertiary/aromatic N) is 2. The summed E-state index contributed by atoms with van der Waals surface area (Å²) >= 11 is 0. The molecule has 0 spiro atoms. The van der Waals surface area contributed by atoms with Crippen molar-refractivity contribution >= 4 is 5.82 Å². The van der Waals surface area contributed by atoms with Gasteiger partial charge in [-0.25, -0.2) is 4.98 Å². The van der Waals surface area contributed by atoms with Gasteiger partial charge in [0.15, 0.2) is 0 Å². The molecule has 2 aromatic rings. The average Bonchev–Trinajstić information content (AvgIpc) is 2.44. The highest BCUT2D eigenvalue weighted by Gasteiger charge is 2.00. The van der Waals surface area contributed by atoms with Gasteiger partial charge in [-0.05, 0) is 39.3 Å². The monoisotopic (exact) mass is 271 g/mol. The van der Waals surface area contributed by atoms with Crippen LogP contribution in [0.1, 0.15) is 23.4 Å². The number of aromatic nitrogens is 2. The third kappa shape index (κ3) is 4.23. The van der Waals surface area contributed by atoms with Crippen molar-refractivity contribution < 1.29 is 4.74 Å². The van der Waals surface area contributed by atoms with Crippen molar-refractivity contribution in [2.24, 2.45) is 0 Å². The lowest BCUT2D eigenvalue weighted by atomic mass is 10.2. The predicted molar refractivity (Wildman–Crippen MR) is 81.3 cm³/mol. The van der Waals surface area contributed by atoms with Crippen LogP contribution in [0.4, 0.5) is 5.82 Å². The van der Waals surface area contributed by atoms with Crippen molar-refractivity contribution in [2.45, 2.75) is 27.2 Å². The molecule has 0 fully saturated rings. The maximum absolute atomic E-state index is 5.68. The summed E-state index contributed by atoms with van der Waals surface area (Å²) in [5, 5.41) is 3.30. The normalized spacial score (nSPS) is 10.3. The van der Waals surface area contributed by atoms with Crippen LogP contribution in [0.25, 0.3) is 0 Å². The van der Waals surface area contributed by atoms with Gasteiger partial charge in [-0.2, -0.15) is 0 Å². The summed E-state index contributed by atoms with van der Waals surface area (Å²) in [5.74, 6) is 1.78. The summed E-state index contributed by atoms with van der Waals surface area (Å²) in [4.78, 5) is 8.70. The van der Waals surface area contributed by atoms with E-state index in [-0.39, 0.29) is 0 Å². The largest absolute Gasteiger partial charge is 0.494 e. The molecular formula is C16H21N3O. The van der Waals surface area contributed by atoms with E-state index < -0.39 is 0 Å². The van der Waals surface area contributed by atoms with Crippen LogP contribution in [0.3, 0.4) is 0 Å². The number of rotatable bonds is 6. The molecule has 1 aromatic heterocycles. The molecule has 1 aromatic carbocycles.